The highest BCUT2D eigenvalue weighted by atomic mass is 16.3. The summed E-state index contributed by atoms with van der Waals surface area (Å²) in [6.45, 7) is 7.15. The lowest BCUT2D eigenvalue weighted by Crippen LogP contribution is -2.22. The molecule has 1 unspecified atom stereocenters. The van der Waals surface area contributed by atoms with Gasteiger partial charge in [0.25, 0.3) is 0 Å². The van der Waals surface area contributed by atoms with Gasteiger partial charge in [-0.15, -0.1) is 0 Å². The van der Waals surface area contributed by atoms with Gasteiger partial charge in [-0.05, 0) is 37.0 Å². The number of hydrogen-bond donors (Lipinski definition) is 1. The number of rotatable bonds is 2. The molecule has 1 aromatic carbocycles. The van der Waals surface area contributed by atoms with Crippen molar-refractivity contribution >= 4 is 0 Å². The first-order valence-electron chi connectivity index (χ1n) is 5.62. The number of hydrogen-bond acceptors (Lipinski definition) is 2. The molecule has 1 saturated heterocycles. The SMILES string of the molecule is Cc1cccc(CN2CCC(O)C2)c1C. The van der Waals surface area contributed by atoms with Gasteiger partial charge in [-0.2, -0.15) is 0 Å². The molecule has 0 bridgehead atoms. The van der Waals surface area contributed by atoms with Crippen LogP contribution < -0.4 is 0 Å². The molecular weight excluding hydrogens is 186 g/mol. The van der Waals surface area contributed by atoms with Crippen molar-refractivity contribution < 1.29 is 5.11 Å². The van der Waals surface area contributed by atoms with Crippen LogP contribution in [-0.4, -0.2) is 29.2 Å². The fraction of sp³-hybridized carbons (Fsp3) is 0.538. The highest BCUT2D eigenvalue weighted by Crippen LogP contribution is 2.18. The summed E-state index contributed by atoms with van der Waals surface area (Å²) >= 11 is 0. The minimum Gasteiger partial charge on any atom is -0.392 e. The third kappa shape index (κ3) is 2.39. The zero-order valence-corrected chi connectivity index (χ0v) is 9.53. The summed E-state index contributed by atoms with van der Waals surface area (Å²) in [5.74, 6) is 0. The fourth-order valence-corrected chi connectivity index (χ4v) is 2.18. The van der Waals surface area contributed by atoms with Crippen LogP contribution in [0.4, 0.5) is 0 Å². The van der Waals surface area contributed by atoms with Crippen molar-refractivity contribution in [2.75, 3.05) is 13.1 Å². The van der Waals surface area contributed by atoms with Gasteiger partial charge in [0.15, 0.2) is 0 Å². The summed E-state index contributed by atoms with van der Waals surface area (Å²) in [4.78, 5) is 2.33. The van der Waals surface area contributed by atoms with Crippen LogP contribution in [0.2, 0.25) is 0 Å². The first-order valence-corrected chi connectivity index (χ1v) is 5.62. The molecule has 1 aliphatic heterocycles. The van der Waals surface area contributed by atoms with Crippen LogP contribution >= 0.6 is 0 Å². The number of nitrogens with zero attached hydrogens (tertiary/aromatic N) is 1. The molecule has 2 nitrogen and oxygen atoms in total. The normalized spacial score (nSPS) is 22.2. The first kappa shape index (κ1) is 10.7. The number of aliphatic hydroxyl groups is 1. The molecule has 0 radical (unpaired) electrons. The molecule has 0 spiro atoms. The summed E-state index contributed by atoms with van der Waals surface area (Å²) in [5, 5.41) is 9.46. The average molecular weight is 205 g/mol. The summed E-state index contributed by atoms with van der Waals surface area (Å²) in [6, 6.07) is 6.45. The molecule has 1 N–H and O–H groups in total. The fourth-order valence-electron chi connectivity index (χ4n) is 2.18. The lowest BCUT2D eigenvalue weighted by atomic mass is 10.0. The molecule has 0 amide bonds. The van der Waals surface area contributed by atoms with E-state index in [9.17, 15) is 5.11 Å². The molecule has 0 aromatic heterocycles. The zero-order valence-electron chi connectivity index (χ0n) is 9.53. The summed E-state index contributed by atoms with van der Waals surface area (Å²) < 4.78 is 0. The third-order valence-corrected chi connectivity index (χ3v) is 3.36. The van der Waals surface area contributed by atoms with Crippen LogP contribution in [0.5, 0.6) is 0 Å². The van der Waals surface area contributed by atoms with E-state index in [0.717, 1.165) is 26.1 Å². The summed E-state index contributed by atoms with van der Waals surface area (Å²) in [6.07, 6.45) is 0.806. The Labute approximate surface area is 91.5 Å². The topological polar surface area (TPSA) is 23.5 Å². The molecule has 1 fully saturated rings. The second kappa shape index (κ2) is 4.33. The first-order chi connectivity index (χ1) is 7.16. The Morgan fingerprint density at radius 3 is 2.87 bits per heavy atom. The van der Waals surface area contributed by atoms with Crippen LogP contribution in [0.1, 0.15) is 23.1 Å². The van der Waals surface area contributed by atoms with Crippen LogP contribution in [0.15, 0.2) is 18.2 Å². The molecule has 2 heteroatoms. The highest BCUT2D eigenvalue weighted by molar-refractivity contribution is 5.33. The van der Waals surface area contributed by atoms with E-state index in [1.54, 1.807) is 0 Å². The van der Waals surface area contributed by atoms with Crippen molar-refractivity contribution in [1.29, 1.82) is 0 Å². The van der Waals surface area contributed by atoms with Gasteiger partial charge < -0.3 is 5.11 Å². The van der Waals surface area contributed by atoms with Gasteiger partial charge >= 0.3 is 0 Å². The third-order valence-electron chi connectivity index (χ3n) is 3.36. The maximum Gasteiger partial charge on any atom is 0.0679 e. The Balaban J connectivity index is 2.07. The standard InChI is InChI=1S/C13H19NO/c1-10-4-3-5-12(11(10)2)8-14-7-6-13(15)9-14/h3-5,13,15H,6-9H2,1-2H3. The van der Waals surface area contributed by atoms with Crippen LogP contribution in [-0.2, 0) is 6.54 Å². The van der Waals surface area contributed by atoms with E-state index in [4.69, 9.17) is 0 Å². The van der Waals surface area contributed by atoms with E-state index in [1.165, 1.54) is 16.7 Å². The van der Waals surface area contributed by atoms with Crippen molar-refractivity contribution in [2.45, 2.75) is 32.9 Å². The van der Waals surface area contributed by atoms with Gasteiger partial charge in [0.2, 0.25) is 0 Å². The molecule has 0 aliphatic carbocycles. The van der Waals surface area contributed by atoms with E-state index in [2.05, 4.69) is 36.9 Å². The molecule has 1 heterocycles. The Hall–Kier alpha value is -0.860. The Morgan fingerprint density at radius 1 is 1.40 bits per heavy atom. The van der Waals surface area contributed by atoms with E-state index in [1.807, 2.05) is 0 Å². The lowest BCUT2D eigenvalue weighted by molar-refractivity contribution is 0.174. The van der Waals surface area contributed by atoms with Gasteiger partial charge in [0.1, 0.15) is 0 Å². The predicted molar refractivity (Wildman–Crippen MR) is 61.8 cm³/mol. The second-order valence-electron chi connectivity index (χ2n) is 4.54. The quantitative estimate of drug-likeness (QED) is 0.796. The van der Waals surface area contributed by atoms with Crippen molar-refractivity contribution in [3.63, 3.8) is 0 Å². The number of aryl methyl sites for hydroxylation is 1. The number of aliphatic hydroxyl groups excluding tert-OH is 1. The maximum absolute atomic E-state index is 9.46. The van der Waals surface area contributed by atoms with Crippen molar-refractivity contribution in [2.24, 2.45) is 0 Å². The maximum atomic E-state index is 9.46. The minimum atomic E-state index is -0.116. The monoisotopic (exact) mass is 205 g/mol. The van der Waals surface area contributed by atoms with Gasteiger partial charge in [-0.1, -0.05) is 18.2 Å². The molecule has 82 valence electrons. The number of likely N-dealkylation sites (tertiary alicyclic amines) is 1. The van der Waals surface area contributed by atoms with Crippen LogP contribution in [0.25, 0.3) is 0 Å². The molecule has 2 rings (SSSR count). The Kier molecular flexibility index (Phi) is 3.08. The predicted octanol–water partition coefficient (Wildman–Crippen LogP) is 1.87. The largest absolute Gasteiger partial charge is 0.392 e. The van der Waals surface area contributed by atoms with Gasteiger partial charge in [0, 0.05) is 19.6 Å². The summed E-state index contributed by atoms with van der Waals surface area (Å²) in [5.41, 5.74) is 4.13. The second-order valence-corrected chi connectivity index (χ2v) is 4.54. The number of β-amino-alcohol motifs (C(OH)–C–C–N with tert-alkyl or cyclic N) is 1. The van der Waals surface area contributed by atoms with Crippen molar-refractivity contribution in [3.05, 3.63) is 34.9 Å². The minimum absolute atomic E-state index is 0.116. The van der Waals surface area contributed by atoms with E-state index in [0.29, 0.717) is 0 Å². The summed E-state index contributed by atoms with van der Waals surface area (Å²) in [7, 11) is 0. The molecule has 1 aromatic rings. The molecule has 0 saturated carbocycles. The lowest BCUT2D eigenvalue weighted by Gasteiger charge is -2.17. The van der Waals surface area contributed by atoms with E-state index < -0.39 is 0 Å². The van der Waals surface area contributed by atoms with Gasteiger partial charge in [-0.25, -0.2) is 0 Å². The van der Waals surface area contributed by atoms with Crippen molar-refractivity contribution in [3.8, 4) is 0 Å². The Morgan fingerprint density at radius 2 is 2.20 bits per heavy atom. The molecule has 1 atom stereocenters. The van der Waals surface area contributed by atoms with Crippen molar-refractivity contribution in [1.82, 2.24) is 4.90 Å². The Bertz CT molecular complexity index is 348. The van der Waals surface area contributed by atoms with Crippen LogP contribution in [0, 0.1) is 13.8 Å². The number of benzene rings is 1. The molecule has 1 aliphatic rings. The van der Waals surface area contributed by atoms with E-state index >= 15 is 0 Å². The van der Waals surface area contributed by atoms with Crippen LogP contribution in [0.3, 0.4) is 0 Å². The highest BCUT2D eigenvalue weighted by Gasteiger charge is 2.20. The zero-order chi connectivity index (χ0) is 10.8. The van der Waals surface area contributed by atoms with Gasteiger partial charge in [-0.3, -0.25) is 4.90 Å². The molecule has 15 heavy (non-hydrogen) atoms. The average Bonchev–Trinajstić information content (AvgIpc) is 2.59. The van der Waals surface area contributed by atoms with Gasteiger partial charge in [0.05, 0.1) is 6.10 Å². The van der Waals surface area contributed by atoms with E-state index in [-0.39, 0.29) is 6.10 Å². The molecular formula is C13H19NO. The smallest absolute Gasteiger partial charge is 0.0679 e.